The van der Waals surface area contributed by atoms with E-state index < -0.39 is 10.0 Å². The third-order valence-corrected chi connectivity index (χ3v) is 3.24. The lowest BCUT2D eigenvalue weighted by atomic mass is 10.2. The van der Waals surface area contributed by atoms with Crippen molar-refractivity contribution < 1.29 is 17.9 Å². The van der Waals surface area contributed by atoms with Gasteiger partial charge in [0.05, 0.1) is 11.9 Å². The molecule has 0 atom stereocenters. The largest absolute Gasteiger partial charge is 0.482 e. The van der Waals surface area contributed by atoms with Crippen LogP contribution in [0.2, 0.25) is 0 Å². The number of amides is 1. The molecule has 1 heterocycles. The summed E-state index contributed by atoms with van der Waals surface area (Å²) in [4.78, 5) is 13.3. The molecule has 0 radical (unpaired) electrons. The number of sulfonamides is 1. The number of rotatable bonds is 4. The van der Waals surface area contributed by atoms with Crippen LogP contribution in [0.4, 0.5) is 5.69 Å². The molecule has 98 valence electrons. The minimum Gasteiger partial charge on any atom is -0.482 e. The quantitative estimate of drug-likeness (QED) is 0.833. The first-order chi connectivity index (χ1) is 8.47. The second-order valence-electron chi connectivity index (χ2n) is 3.97. The Balaban J connectivity index is 2.10. The fraction of sp³-hybridized carbons (Fsp3) is 0.364. The van der Waals surface area contributed by atoms with Crippen molar-refractivity contribution in [1.29, 1.82) is 0 Å². The fourth-order valence-corrected chi connectivity index (χ4v) is 2.20. The first kappa shape index (κ1) is 12.8. The summed E-state index contributed by atoms with van der Waals surface area (Å²) in [6.07, 6.45) is 1.09. The van der Waals surface area contributed by atoms with Crippen LogP contribution >= 0.6 is 0 Å². The topological polar surface area (TPSA) is 75.7 Å². The van der Waals surface area contributed by atoms with Gasteiger partial charge < -0.3 is 9.64 Å². The Labute approximate surface area is 106 Å². The molecule has 0 bridgehead atoms. The highest BCUT2D eigenvalue weighted by atomic mass is 32.2. The summed E-state index contributed by atoms with van der Waals surface area (Å²) in [6, 6.07) is 7.17. The lowest BCUT2D eigenvalue weighted by Crippen LogP contribution is -2.43. The van der Waals surface area contributed by atoms with Gasteiger partial charge in [-0.15, -0.1) is 0 Å². The molecule has 1 aliphatic rings. The Bertz CT molecular complexity index is 556. The van der Waals surface area contributed by atoms with Gasteiger partial charge in [0.2, 0.25) is 10.0 Å². The number of para-hydroxylation sites is 2. The van der Waals surface area contributed by atoms with Gasteiger partial charge in [0, 0.05) is 13.1 Å². The lowest BCUT2D eigenvalue weighted by molar-refractivity contribution is -0.121. The average Bonchev–Trinajstić information content (AvgIpc) is 2.31. The minimum absolute atomic E-state index is 0.0180. The van der Waals surface area contributed by atoms with Gasteiger partial charge in [0.25, 0.3) is 5.91 Å². The van der Waals surface area contributed by atoms with Gasteiger partial charge in [-0.05, 0) is 12.1 Å². The highest BCUT2D eigenvalue weighted by molar-refractivity contribution is 7.88. The van der Waals surface area contributed by atoms with Crippen LogP contribution in [0.25, 0.3) is 0 Å². The standard InChI is InChI=1S/C11H14N2O4S/c1-18(15,16)12-6-7-13-9-4-2-3-5-10(9)17-8-11(13)14/h2-5,12H,6-8H2,1H3. The number of carbonyl (C=O) groups excluding carboxylic acids is 1. The molecule has 1 amide bonds. The first-order valence-electron chi connectivity index (χ1n) is 5.44. The van der Waals surface area contributed by atoms with Crippen molar-refractivity contribution in [1.82, 2.24) is 4.72 Å². The molecular formula is C11H14N2O4S. The van der Waals surface area contributed by atoms with Gasteiger partial charge in [-0.1, -0.05) is 12.1 Å². The Morgan fingerprint density at radius 1 is 1.39 bits per heavy atom. The third-order valence-electron chi connectivity index (χ3n) is 2.51. The molecule has 2 rings (SSSR count). The van der Waals surface area contributed by atoms with E-state index in [2.05, 4.69) is 4.72 Å². The van der Waals surface area contributed by atoms with Gasteiger partial charge in [-0.25, -0.2) is 13.1 Å². The molecule has 0 aromatic heterocycles. The van der Waals surface area contributed by atoms with Crippen molar-refractivity contribution >= 4 is 21.6 Å². The maximum atomic E-state index is 11.7. The van der Waals surface area contributed by atoms with Crippen molar-refractivity contribution in [3.8, 4) is 5.75 Å². The number of fused-ring (bicyclic) bond motifs is 1. The van der Waals surface area contributed by atoms with E-state index in [4.69, 9.17) is 4.74 Å². The van der Waals surface area contributed by atoms with Crippen LogP contribution in [0.5, 0.6) is 5.75 Å². The molecular weight excluding hydrogens is 256 g/mol. The second kappa shape index (κ2) is 4.95. The van der Waals surface area contributed by atoms with Crippen LogP contribution in [-0.2, 0) is 14.8 Å². The smallest absolute Gasteiger partial charge is 0.265 e. The molecule has 0 unspecified atom stereocenters. The number of anilines is 1. The molecule has 1 aromatic carbocycles. The predicted molar refractivity (Wildman–Crippen MR) is 67.1 cm³/mol. The highest BCUT2D eigenvalue weighted by Gasteiger charge is 2.24. The molecule has 1 aromatic rings. The zero-order chi connectivity index (χ0) is 13.2. The number of nitrogens with zero attached hydrogens (tertiary/aromatic N) is 1. The Hall–Kier alpha value is -1.60. The van der Waals surface area contributed by atoms with Gasteiger partial charge in [0.1, 0.15) is 5.75 Å². The number of hydrogen-bond donors (Lipinski definition) is 1. The van der Waals surface area contributed by atoms with Gasteiger partial charge >= 0.3 is 0 Å². The normalized spacial score (nSPS) is 15.2. The SMILES string of the molecule is CS(=O)(=O)NCCN1C(=O)COc2ccccc21. The van der Waals surface area contributed by atoms with Crippen LogP contribution in [0.15, 0.2) is 24.3 Å². The van der Waals surface area contributed by atoms with Gasteiger partial charge in [0.15, 0.2) is 6.61 Å². The number of hydrogen-bond acceptors (Lipinski definition) is 4. The summed E-state index contributed by atoms with van der Waals surface area (Å²) in [5, 5.41) is 0. The number of nitrogens with one attached hydrogen (secondary N) is 1. The Morgan fingerprint density at radius 3 is 2.83 bits per heavy atom. The highest BCUT2D eigenvalue weighted by Crippen LogP contribution is 2.30. The molecule has 0 saturated carbocycles. The third kappa shape index (κ3) is 2.99. The van der Waals surface area contributed by atoms with Crippen LogP contribution in [0.1, 0.15) is 0 Å². The van der Waals surface area contributed by atoms with Crippen molar-refractivity contribution in [3.63, 3.8) is 0 Å². The summed E-state index contributed by atoms with van der Waals surface area (Å²) in [5.41, 5.74) is 0.670. The Morgan fingerprint density at radius 2 is 2.11 bits per heavy atom. The second-order valence-corrected chi connectivity index (χ2v) is 5.80. The lowest BCUT2D eigenvalue weighted by Gasteiger charge is -2.29. The van der Waals surface area contributed by atoms with E-state index >= 15 is 0 Å². The van der Waals surface area contributed by atoms with Crippen LogP contribution in [0.3, 0.4) is 0 Å². The zero-order valence-corrected chi connectivity index (χ0v) is 10.7. The van der Waals surface area contributed by atoms with Gasteiger partial charge in [-0.2, -0.15) is 0 Å². The molecule has 0 saturated heterocycles. The van der Waals surface area contributed by atoms with Crippen LogP contribution < -0.4 is 14.4 Å². The Kier molecular flexibility index (Phi) is 3.53. The van der Waals surface area contributed by atoms with Crippen LogP contribution in [-0.4, -0.2) is 40.3 Å². The number of benzene rings is 1. The zero-order valence-electron chi connectivity index (χ0n) is 9.92. The van der Waals surface area contributed by atoms with E-state index in [1.165, 1.54) is 4.90 Å². The van der Waals surface area contributed by atoms with E-state index in [0.717, 1.165) is 6.26 Å². The molecule has 1 N–H and O–H groups in total. The molecule has 0 aliphatic carbocycles. The summed E-state index contributed by atoms with van der Waals surface area (Å²) in [7, 11) is -3.24. The monoisotopic (exact) mass is 270 g/mol. The number of carbonyl (C=O) groups is 1. The number of ether oxygens (including phenoxy) is 1. The molecule has 1 aliphatic heterocycles. The maximum Gasteiger partial charge on any atom is 0.265 e. The van der Waals surface area contributed by atoms with E-state index in [9.17, 15) is 13.2 Å². The fourth-order valence-electron chi connectivity index (χ4n) is 1.74. The average molecular weight is 270 g/mol. The van der Waals surface area contributed by atoms with Gasteiger partial charge in [-0.3, -0.25) is 4.79 Å². The summed E-state index contributed by atoms with van der Waals surface area (Å²) in [6.45, 7) is 0.446. The van der Waals surface area contributed by atoms with Crippen molar-refractivity contribution in [3.05, 3.63) is 24.3 Å². The summed E-state index contributed by atoms with van der Waals surface area (Å²) in [5.74, 6) is 0.459. The molecule has 18 heavy (non-hydrogen) atoms. The van der Waals surface area contributed by atoms with E-state index in [1.807, 2.05) is 6.07 Å². The minimum atomic E-state index is -3.24. The van der Waals surface area contributed by atoms with Crippen molar-refractivity contribution in [2.24, 2.45) is 0 Å². The molecule has 0 fully saturated rings. The molecule has 0 spiro atoms. The summed E-state index contributed by atoms with van der Waals surface area (Å²) >= 11 is 0. The van der Waals surface area contributed by atoms with Crippen molar-refractivity contribution in [2.75, 3.05) is 30.9 Å². The maximum absolute atomic E-state index is 11.7. The van der Waals surface area contributed by atoms with Crippen molar-refractivity contribution in [2.45, 2.75) is 0 Å². The van der Waals surface area contributed by atoms with E-state index in [0.29, 0.717) is 11.4 Å². The predicted octanol–water partition coefficient (Wildman–Crippen LogP) is -0.0388. The van der Waals surface area contributed by atoms with E-state index in [-0.39, 0.29) is 25.6 Å². The molecule has 7 heteroatoms. The van der Waals surface area contributed by atoms with E-state index in [1.54, 1.807) is 18.2 Å². The van der Waals surface area contributed by atoms with Crippen LogP contribution in [0, 0.1) is 0 Å². The summed E-state index contributed by atoms with van der Waals surface area (Å²) < 4.78 is 29.6. The first-order valence-corrected chi connectivity index (χ1v) is 7.33. The molecule has 6 nitrogen and oxygen atoms in total.